The Morgan fingerprint density at radius 3 is 2.39 bits per heavy atom. The summed E-state index contributed by atoms with van der Waals surface area (Å²) in [6.07, 6.45) is 15.6. The standard InChI is InChI=1S/C27H37N5O4/c33-12-19-21-22(36-27(35-21)4-2-1-3-5-27)25(34-19)32-15-31-20-23(29-14-30-24(20)32)28-13-26-9-16-6-17(10-26)8-18(7-16)11-26/h14-19,21-22,25,33H,1-13H2,(H,28,29,30)/t16?,17?,18?,19-,21?,22?,25-,26?/m1/s1. The van der Waals surface area contributed by atoms with Gasteiger partial charge in [-0.3, -0.25) is 4.57 Å². The Bertz CT molecular complexity index is 1110. The molecule has 5 aliphatic carbocycles. The van der Waals surface area contributed by atoms with Crippen molar-refractivity contribution < 1.29 is 19.3 Å². The normalized spacial score (nSPS) is 42.4. The molecule has 0 radical (unpaired) electrons. The number of imidazole rings is 1. The van der Waals surface area contributed by atoms with Crippen molar-refractivity contribution in [2.45, 2.75) is 101 Å². The van der Waals surface area contributed by atoms with Gasteiger partial charge in [-0.05, 0) is 74.5 Å². The third-order valence-electron chi connectivity index (χ3n) is 10.2. The van der Waals surface area contributed by atoms with Crippen molar-refractivity contribution in [2.24, 2.45) is 23.2 Å². The van der Waals surface area contributed by atoms with Gasteiger partial charge >= 0.3 is 0 Å². The van der Waals surface area contributed by atoms with Crippen LogP contribution in [0.4, 0.5) is 5.82 Å². The maximum absolute atomic E-state index is 10.0. The predicted molar refractivity (Wildman–Crippen MR) is 131 cm³/mol. The van der Waals surface area contributed by atoms with E-state index in [0.29, 0.717) is 5.41 Å². The van der Waals surface area contributed by atoms with Gasteiger partial charge in [0.25, 0.3) is 0 Å². The molecule has 2 saturated heterocycles. The summed E-state index contributed by atoms with van der Waals surface area (Å²) < 4.78 is 21.3. The van der Waals surface area contributed by atoms with Gasteiger partial charge in [0.2, 0.25) is 0 Å². The van der Waals surface area contributed by atoms with E-state index in [-0.39, 0.29) is 18.8 Å². The third-order valence-corrected chi connectivity index (χ3v) is 10.2. The molecule has 7 fully saturated rings. The number of anilines is 1. The van der Waals surface area contributed by atoms with Crippen molar-refractivity contribution in [1.82, 2.24) is 19.5 Å². The minimum absolute atomic E-state index is 0.101. The molecule has 4 bridgehead atoms. The summed E-state index contributed by atoms with van der Waals surface area (Å²) >= 11 is 0. The highest BCUT2D eigenvalue weighted by atomic mass is 16.8. The summed E-state index contributed by atoms with van der Waals surface area (Å²) in [5.74, 6) is 3.04. The maximum Gasteiger partial charge on any atom is 0.169 e. The van der Waals surface area contributed by atoms with Gasteiger partial charge in [0, 0.05) is 19.4 Å². The lowest BCUT2D eigenvalue weighted by Crippen LogP contribution is -2.49. The van der Waals surface area contributed by atoms with Gasteiger partial charge in [-0.25, -0.2) is 15.0 Å². The minimum Gasteiger partial charge on any atom is -0.394 e. The molecule has 2 N–H and O–H groups in total. The second kappa shape index (κ2) is 8.09. The fraction of sp³-hybridized carbons (Fsp3) is 0.815. The van der Waals surface area contributed by atoms with Crippen LogP contribution in [-0.4, -0.2) is 61.9 Å². The quantitative estimate of drug-likeness (QED) is 0.646. The van der Waals surface area contributed by atoms with Crippen molar-refractivity contribution >= 4 is 17.0 Å². The molecule has 194 valence electrons. The van der Waals surface area contributed by atoms with Crippen molar-refractivity contribution in [3.8, 4) is 0 Å². The van der Waals surface area contributed by atoms with Crippen LogP contribution in [-0.2, 0) is 14.2 Å². The zero-order valence-electron chi connectivity index (χ0n) is 20.8. The van der Waals surface area contributed by atoms with E-state index in [4.69, 9.17) is 19.2 Å². The number of nitrogens with one attached hydrogen (secondary N) is 1. The summed E-state index contributed by atoms with van der Waals surface area (Å²) in [6.45, 7) is 0.864. The molecule has 9 rings (SSSR count). The highest BCUT2D eigenvalue weighted by Gasteiger charge is 2.59. The molecule has 2 aromatic heterocycles. The average molecular weight is 496 g/mol. The Labute approximate surface area is 211 Å². The van der Waals surface area contributed by atoms with Gasteiger partial charge in [-0.2, -0.15) is 0 Å². The summed E-state index contributed by atoms with van der Waals surface area (Å²) in [6, 6.07) is 0. The molecule has 9 heteroatoms. The first-order valence-electron chi connectivity index (χ1n) is 14.2. The monoisotopic (exact) mass is 495 g/mol. The van der Waals surface area contributed by atoms with Crippen LogP contribution in [0.25, 0.3) is 11.2 Å². The average Bonchev–Trinajstić information content (AvgIpc) is 3.54. The van der Waals surface area contributed by atoms with E-state index in [1.54, 1.807) is 12.7 Å². The van der Waals surface area contributed by atoms with Crippen LogP contribution in [0.15, 0.2) is 12.7 Å². The van der Waals surface area contributed by atoms with Gasteiger partial charge in [0.15, 0.2) is 29.0 Å². The summed E-state index contributed by atoms with van der Waals surface area (Å²) in [4.78, 5) is 13.9. The molecule has 9 nitrogen and oxygen atoms in total. The summed E-state index contributed by atoms with van der Waals surface area (Å²) in [5, 5.41) is 13.7. The largest absolute Gasteiger partial charge is 0.394 e. The number of hydrogen-bond acceptors (Lipinski definition) is 8. The van der Waals surface area contributed by atoms with Crippen LogP contribution in [0.2, 0.25) is 0 Å². The lowest BCUT2D eigenvalue weighted by atomic mass is 9.49. The zero-order valence-corrected chi connectivity index (χ0v) is 20.8. The van der Waals surface area contributed by atoms with Crippen molar-refractivity contribution in [2.75, 3.05) is 18.5 Å². The Morgan fingerprint density at radius 1 is 0.944 bits per heavy atom. The van der Waals surface area contributed by atoms with E-state index < -0.39 is 18.1 Å². The minimum atomic E-state index is -0.543. The van der Waals surface area contributed by atoms with E-state index in [1.165, 1.54) is 44.9 Å². The van der Waals surface area contributed by atoms with E-state index in [0.717, 1.165) is 67.0 Å². The first kappa shape index (κ1) is 22.2. The topological polar surface area (TPSA) is 104 Å². The number of rotatable bonds is 5. The Kier molecular flexibility index (Phi) is 4.99. The fourth-order valence-corrected chi connectivity index (χ4v) is 9.14. The Morgan fingerprint density at radius 2 is 1.67 bits per heavy atom. The Hall–Kier alpha value is -1.81. The summed E-state index contributed by atoms with van der Waals surface area (Å²) in [5.41, 5.74) is 1.91. The number of nitrogens with zero attached hydrogens (tertiary/aromatic N) is 4. The highest BCUT2D eigenvalue weighted by Crippen LogP contribution is 2.60. The van der Waals surface area contributed by atoms with Crippen LogP contribution >= 0.6 is 0 Å². The number of fused-ring (bicyclic) bond motifs is 2. The second-order valence-electron chi connectivity index (χ2n) is 12.7. The van der Waals surface area contributed by atoms with Crippen molar-refractivity contribution in [3.63, 3.8) is 0 Å². The number of aliphatic hydroxyl groups is 1. The van der Waals surface area contributed by atoms with Gasteiger partial charge in [-0.15, -0.1) is 0 Å². The van der Waals surface area contributed by atoms with E-state index in [1.807, 2.05) is 4.57 Å². The lowest BCUT2D eigenvalue weighted by Gasteiger charge is -2.57. The van der Waals surface area contributed by atoms with Crippen LogP contribution in [0.5, 0.6) is 0 Å². The smallest absolute Gasteiger partial charge is 0.169 e. The second-order valence-corrected chi connectivity index (χ2v) is 12.7. The molecule has 1 spiro atoms. The Balaban J connectivity index is 1.06. The molecule has 0 aromatic carbocycles. The molecular formula is C27H37N5O4. The van der Waals surface area contributed by atoms with Crippen LogP contribution in [0.1, 0.15) is 76.9 Å². The van der Waals surface area contributed by atoms with Crippen LogP contribution in [0, 0.1) is 23.2 Å². The molecule has 5 saturated carbocycles. The van der Waals surface area contributed by atoms with Gasteiger partial charge in [0.05, 0.1) is 12.9 Å². The maximum atomic E-state index is 10.0. The molecule has 7 aliphatic rings. The van der Waals surface area contributed by atoms with E-state index in [2.05, 4.69) is 15.3 Å². The molecule has 2 aliphatic heterocycles. The number of aromatic nitrogens is 4. The molecule has 4 heterocycles. The molecule has 36 heavy (non-hydrogen) atoms. The SMILES string of the molecule is OC[C@H]1O[C@@H](n2cnc3c(NCC45CC6CC(CC(C6)C4)C5)ncnc32)C2OC3(CCCCC3)OC21. The molecule has 4 atom stereocenters. The van der Waals surface area contributed by atoms with Crippen LogP contribution < -0.4 is 5.32 Å². The molecule has 2 aromatic rings. The summed E-state index contributed by atoms with van der Waals surface area (Å²) in [7, 11) is 0. The highest BCUT2D eigenvalue weighted by molar-refractivity contribution is 5.82. The van der Waals surface area contributed by atoms with Gasteiger partial charge in [-0.1, -0.05) is 6.42 Å². The first-order chi connectivity index (χ1) is 17.6. The predicted octanol–water partition coefficient (Wildman–Crippen LogP) is 3.79. The zero-order chi connectivity index (χ0) is 23.9. The van der Waals surface area contributed by atoms with E-state index >= 15 is 0 Å². The number of aliphatic hydroxyl groups excluding tert-OH is 1. The third kappa shape index (κ3) is 3.38. The van der Waals surface area contributed by atoms with Crippen LogP contribution in [0.3, 0.4) is 0 Å². The fourth-order valence-electron chi connectivity index (χ4n) is 9.14. The van der Waals surface area contributed by atoms with Gasteiger partial charge in [0.1, 0.15) is 24.6 Å². The first-order valence-corrected chi connectivity index (χ1v) is 14.2. The molecule has 2 unspecified atom stereocenters. The number of hydrogen-bond donors (Lipinski definition) is 2. The molecular weight excluding hydrogens is 458 g/mol. The van der Waals surface area contributed by atoms with Gasteiger partial charge < -0.3 is 24.6 Å². The van der Waals surface area contributed by atoms with Crippen molar-refractivity contribution in [3.05, 3.63) is 12.7 Å². The number of ether oxygens (including phenoxy) is 3. The molecule has 0 amide bonds. The van der Waals surface area contributed by atoms with E-state index in [9.17, 15) is 5.11 Å². The lowest BCUT2D eigenvalue weighted by molar-refractivity contribution is -0.232. The van der Waals surface area contributed by atoms with Crippen molar-refractivity contribution in [1.29, 1.82) is 0 Å².